The number of hydrogen-bond donors (Lipinski definition) is 0. The number of likely N-dealkylation sites (tertiary alicyclic amines) is 2. The molecule has 0 bridgehead atoms. The van der Waals surface area contributed by atoms with Gasteiger partial charge in [-0.1, -0.05) is 34.6 Å². The molecule has 0 unspecified atom stereocenters. The lowest BCUT2D eigenvalue weighted by molar-refractivity contribution is -0.163. The number of rotatable bonds is 2. The summed E-state index contributed by atoms with van der Waals surface area (Å²) in [5.74, 6) is 0.475. The lowest BCUT2D eigenvalue weighted by Gasteiger charge is -2.61. The summed E-state index contributed by atoms with van der Waals surface area (Å²) >= 11 is 0. The maximum Gasteiger partial charge on any atom is 0.225 e. The van der Waals surface area contributed by atoms with Gasteiger partial charge in [-0.05, 0) is 5.41 Å². The number of amides is 1. The quantitative estimate of drug-likeness (QED) is 0.733. The molecule has 0 atom stereocenters. The fourth-order valence-corrected chi connectivity index (χ4v) is 3.17. The third-order valence-corrected chi connectivity index (χ3v) is 3.67. The predicted octanol–water partition coefficient (Wildman–Crippen LogP) is 1.83. The first-order valence-corrected chi connectivity index (χ1v) is 6.72. The van der Waals surface area contributed by atoms with Gasteiger partial charge in [0.25, 0.3) is 0 Å². The Morgan fingerprint density at radius 1 is 1.18 bits per heavy atom. The Labute approximate surface area is 105 Å². The van der Waals surface area contributed by atoms with Gasteiger partial charge in [-0.2, -0.15) is 0 Å². The van der Waals surface area contributed by atoms with Crippen molar-refractivity contribution in [3.8, 4) is 0 Å². The molecule has 0 radical (unpaired) electrons. The number of carbonyl (C=O) groups excluding carboxylic acids is 1. The molecule has 0 aliphatic carbocycles. The summed E-state index contributed by atoms with van der Waals surface area (Å²) in [5.41, 5.74) is 0.842. The maximum absolute atomic E-state index is 11.8. The molecule has 2 fully saturated rings. The van der Waals surface area contributed by atoms with Gasteiger partial charge in [-0.15, -0.1) is 0 Å². The molecule has 1 spiro atoms. The molecule has 3 heteroatoms. The van der Waals surface area contributed by atoms with Crippen LogP contribution < -0.4 is 0 Å². The second kappa shape index (κ2) is 3.98. The van der Waals surface area contributed by atoms with Crippen LogP contribution in [0.5, 0.6) is 0 Å². The van der Waals surface area contributed by atoms with E-state index >= 15 is 0 Å². The summed E-state index contributed by atoms with van der Waals surface area (Å²) < 4.78 is 0. The van der Waals surface area contributed by atoms with E-state index in [4.69, 9.17) is 0 Å². The van der Waals surface area contributed by atoms with E-state index in [-0.39, 0.29) is 5.92 Å². The van der Waals surface area contributed by atoms with E-state index in [1.54, 1.807) is 0 Å². The first-order valence-electron chi connectivity index (χ1n) is 6.72. The van der Waals surface area contributed by atoms with Crippen LogP contribution in [0, 0.1) is 16.7 Å². The summed E-state index contributed by atoms with van der Waals surface area (Å²) in [4.78, 5) is 16.3. The number of carbonyl (C=O) groups is 1. The molecule has 2 aliphatic rings. The molecule has 2 rings (SSSR count). The summed E-state index contributed by atoms with van der Waals surface area (Å²) in [6.07, 6.45) is 0. The molecule has 0 aromatic carbocycles. The molecule has 2 saturated heterocycles. The van der Waals surface area contributed by atoms with Gasteiger partial charge in [0.05, 0.1) is 0 Å². The molecule has 17 heavy (non-hydrogen) atoms. The molecule has 0 saturated carbocycles. The second-order valence-corrected chi connectivity index (χ2v) is 7.55. The van der Waals surface area contributed by atoms with Crippen molar-refractivity contribution in [1.29, 1.82) is 0 Å². The van der Waals surface area contributed by atoms with E-state index in [1.807, 2.05) is 18.7 Å². The Hall–Kier alpha value is -0.570. The summed E-state index contributed by atoms with van der Waals surface area (Å²) in [7, 11) is 0. The predicted molar refractivity (Wildman–Crippen MR) is 69.7 cm³/mol. The van der Waals surface area contributed by atoms with Crippen molar-refractivity contribution >= 4 is 5.91 Å². The average molecular weight is 238 g/mol. The first kappa shape index (κ1) is 12.9. The van der Waals surface area contributed by atoms with Crippen LogP contribution in [-0.2, 0) is 4.79 Å². The van der Waals surface area contributed by atoms with Gasteiger partial charge >= 0.3 is 0 Å². The third-order valence-electron chi connectivity index (χ3n) is 3.67. The minimum absolute atomic E-state index is 0.151. The van der Waals surface area contributed by atoms with Crippen LogP contribution in [-0.4, -0.2) is 48.4 Å². The largest absolute Gasteiger partial charge is 0.341 e. The highest BCUT2D eigenvalue weighted by atomic mass is 16.2. The van der Waals surface area contributed by atoms with E-state index in [9.17, 15) is 4.79 Å². The summed E-state index contributed by atoms with van der Waals surface area (Å²) in [5, 5.41) is 0. The molecule has 0 aromatic heterocycles. The lowest BCUT2D eigenvalue weighted by Crippen LogP contribution is -2.73. The van der Waals surface area contributed by atoms with Crippen molar-refractivity contribution in [3.63, 3.8) is 0 Å². The third kappa shape index (κ3) is 2.65. The molecule has 1 amide bonds. The van der Waals surface area contributed by atoms with Crippen molar-refractivity contribution in [3.05, 3.63) is 0 Å². The Kier molecular flexibility index (Phi) is 3.01. The monoisotopic (exact) mass is 238 g/mol. The van der Waals surface area contributed by atoms with E-state index in [0.29, 0.717) is 16.7 Å². The van der Waals surface area contributed by atoms with E-state index in [1.165, 1.54) is 19.6 Å². The zero-order chi connectivity index (χ0) is 12.8. The molecule has 0 aromatic rings. The zero-order valence-corrected chi connectivity index (χ0v) is 11.9. The van der Waals surface area contributed by atoms with Gasteiger partial charge in [0, 0.05) is 44.1 Å². The SMILES string of the molecule is CC(C)C(=O)N1CC2(CN(CC(C)(C)C)C2)C1. The van der Waals surface area contributed by atoms with E-state index < -0.39 is 0 Å². The molecular weight excluding hydrogens is 212 g/mol. The fourth-order valence-electron chi connectivity index (χ4n) is 3.17. The molecule has 2 heterocycles. The zero-order valence-electron chi connectivity index (χ0n) is 11.9. The van der Waals surface area contributed by atoms with Gasteiger partial charge < -0.3 is 9.80 Å². The smallest absolute Gasteiger partial charge is 0.225 e. The minimum atomic E-state index is 0.151. The maximum atomic E-state index is 11.8. The Bertz CT molecular complexity index is 303. The molecule has 0 N–H and O–H groups in total. The summed E-state index contributed by atoms with van der Waals surface area (Å²) in [6.45, 7) is 16.4. The van der Waals surface area contributed by atoms with E-state index in [2.05, 4.69) is 25.7 Å². The Morgan fingerprint density at radius 2 is 1.71 bits per heavy atom. The van der Waals surface area contributed by atoms with Gasteiger partial charge in [0.2, 0.25) is 5.91 Å². The van der Waals surface area contributed by atoms with Crippen LogP contribution in [0.1, 0.15) is 34.6 Å². The van der Waals surface area contributed by atoms with Crippen LogP contribution in [0.15, 0.2) is 0 Å². The van der Waals surface area contributed by atoms with Gasteiger partial charge in [0.1, 0.15) is 0 Å². The van der Waals surface area contributed by atoms with Crippen molar-refractivity contribution in [2.75, 3.05) is 32.7 Å². The minimum Gasteiger partial charge on any atom is -0.341 e. The van der Waals surface area contributed by atoms with Crippen LogP contribution in [0.4, 0.5) is 0 Å². The summed E-state index contributed by atoms with van der Waals surface area (Å²) in [6, 6.07) is 0. The molecular formula is C14H26N2O. The van der Waals surface area contributed by atoms with Crippen LogP contribution in [0.25, 0.3) is 0 Å². The standard InChI is InChI=1S/C14H26N2O/c1-11(2)12(17)16-9-14(10-16)7-15(8-14)6-13(3,4)5/h11H,6-10H2,1-5H3. The van der Waals surface area contributed by atoms with Gasteiger partial charge in [-0.3, -0.25) is 4.79 Å². The first-order chi connectivity index (χ1) is 7.71. The molecule has 3 nitrogen and oxygen atoms in total. The molecule has 2 aliphatic heterocycles. The average Bonchev–Trinajstić information content (AvgIpc) is 2.03. The topological polar surface area (TPSA) is 23.6 Å². The normalized spacial score (nSPS) is 23.8. The van der Waals surface area contributed by atoms with Gasteiger partial charge in [-0.25, -0.2) is 0 Å². The lowest BCUT2D eigenvalue weighted by atomic mass is 9.71. The van der Waals surface area contributed by atoms with Crippen LogP contribution in [0.3, 0.4) is 0 Å². The molecule has 98 valence electrons. The Morgan fingerprint density at radius 3 is 2.12 bits per heavy atom. The highest BCUT2D eigenvalue weighted by molar-refractivity contribution is 5.79. The van der Waals surface area contributed by atoms with Crippen molar-refractivity contribution < 1.29 is 4.79 Å². The van der Waals surface area contributed by atoms with Crippen molar-refractivity contribution in [2.45, 2.75) is 34.6 Å². The van der Waals surface area contributed by atoms with Crippen LogP contribution in [0.2, 0.25) is 0 Å². The van der Waals surface area contributed by atoms with Crippen molar-refractivity contribution in [1.82, 2.24) is 9.80 Å². The highest BCUT2D eigenvalue weighted by Gasteiger charge is 2.53. The van der Waals surface area contributed by atoms with Crippen molar-refractivity contribution in [2.24, 2.45) is 16.7 Å². The second-order valence-electron chi connectivity index (χ2n) is 7.55. The highest BCUT2D eigenvalue weighted by Crippen LogP contribution is 2.41. The van der Waals surface area contributed by atoms with Crippen LogP contribution >= 0.6 is 0 Å². The number of hydrogen-bond acceptors (Lipinski definition) is 2. The Balaban J connectivity index is 1.74. The fraction of sp³-hybridized carbons (Fsp3) is 0.929. The van der Waals surface area contributed by atoms with Gasteiger partial charge in [0.15, 0.2) is 0 Å². The van der Waals surface area contributed by atoms with E-state index in [0.717, 1.165) is 13.1 Å². The number of nitrogens with zero attached hydrogens (tertiary/aromatic N) is 2.